The monoisotopic (exact) mass is 616 g/mol. The number of amides is 3. The molecule has 1 saturated heterocycles. The lowest BCUT2D eigenvalue weighted by atomic mass is 10.0. The van der Waals surface area contributed by atoms with E-state index in [0.29, 0.717) is 23.3 Å². The highest BCUT2D eigenvalue weighted by Gasteiger charge is 2.45. The predicted octanol–water partition coefficient (Wildman–Crippen LogP) is 4.80. The van der Waals surface area contributed by atoms with E-state index in [1.54, 1.807) is 12.3 Å². The zero-order chi connectivity index (χ0) is 32.2. The van der Waals surface area contributed by atoms with Crippen LogP contribution in [0.1, 0.15) is 71.4 Å². The molecule has 0 spiro atoms. The maximum absolute atomic E-state index is 13.6. The summed E-state index contributed by atoms with van der Waals surface area (Å²) >= 11 is 0. The zero-order valence-electron chi connectivity index (χ0n) is 24.2. The first-order valence-electron chi connectivity index (χ1n) is 13.9. The van der Waals surface area contributed by atoms with Crippen LogP contribution in [0.3, 0.4) is 0 Å². The van der Waals surface area contributed by atoms with Crippen molar-refractivity contribution in [3.05, 3.63) is 65.2 Å². The van der Waals surface area contributed by atoms with Crippen molar-refractivity contribution in [3.63, 3.8) is 0 Å². The van der Waals surface area contributed by atoms with Gasteiger partial charge in [-0.1, -0.05) is 19.1 Å². The highest BCUT2D eigenvalue weighted by atomic mass is 19.4. The Kier molecular flexibility index (Phi) is 9.55. The van der Waals surface area contributed by atoms with E-state index < -0.39 is 41.8 Å². The number of carbonyl (C=O) groups excluding carboxylic acids is 3. The fourth-order valence-electron chi connectivity index (χ4n) is 4.97. The molecule has 1 aromatic carbocycles. The molecule has 0 radical (unpaired) electrons. The van der Waals surface area contributed by atoms with E-state index in [4.69, 9.17) is 4.74 Å². The van der Waals surface area contributed by atoms with Gasteiger partial charge in [0.1, 0.15) is 11.5 Å². The Labute approximate surface area is 250 Å². The second kappa shape index (κ2) is 13.1. The second-order valence-electron chi connectivity index (χ2n) is 9.95. The number of nitrogens with one attached hydrogen (secondary N) is 1. The zero-order valence-corrected chi connectivity index (χ0v) is 24.2. The van der Waals surface area contributed by atoms with E-state index in [2.05, 4.69) is 15.3 Å². The van der Waals surface area contributed by atoms with Crippen molar-refractivity contribution >= 4 is 29.7 Å². The van der Waals surface area contributed by atoms with E-state index in [9.17, 15) is 37.5 Å². The number of likely N-dealkylation sites (tertiary alicyclic amines) is 1. The third-order valence-electron chi connectivity index (χ3n) is 7.13. The number of aryl methyl sites for hydroxylation is 1. The number of anilines is 1. The molecule has 0 bridgehead atoms. The Balaban J connectivity index is 1.83. The Morgan fingerprint density at radius 2 is 1.82 bits per heavy atom. The van der Waals surface area contributed by atoms with Gasteiger partial charge in [-0.3, -0.25) is 14.5 Å². The number of rotatable bonds is 8. The summed E-state index contributed by atoms with van der Waals surface area (Å²) < 4.78 is 46.6. The van der Waals surface area contributed by atoms with Crippen molar-refractivity contribution in [1.82, 2.24) is 19.5 Å². The molecule has 12 nitrogen and oxygen atoms in total. The number of esters is 1. The lowest BCUT2D eigenvalue weighted by molar-refractivity contribution is -0.171. The quantitative estimate of drug-likeness (QED) is 0.343. The molecule has 3 aromatic rings. The molecular formula is C29H31F3N6O6. The molecule has 2 aromatic heterocycles. The molecular weight excluding hydrogens is 585 g/mol. The number of hydrogen-bond acceptors (Lipinski definition) is 7. The lowest BCUT2D eigenvalue weighted by Gasteiger charge is -2.34. The molecule has 1 atom stereocenters. The van der Waals surface area contributed by atoms with Crippen molar-refractivity contribution in [1.29, 1.82) is 0 Å². The van der Waals surface area contributed by atoms with Crippen LogP contribution in [0.25, 0.3) is 11.3 Å². The molecule has 44 heavy (non-hydrogen) atoms. The fourth-order valence-corrected chi connectivity index (χ4v) is 4.97. The van der Waals surface area contributed by atoms with Gasteiger partial charge >= 0.3 is 24.1 Å². The summed E-state index contributed by atoms with van der Waals surface area (Å²) in [5, 5.41) is 12.7. The SMILES string of the molecule is CCOC(=O)c1c(-c2ccc(C(=O)Nc3cc(CC)ccn3)cc2)nc([C@@H]2CCCCN2C(=O)O)n1N(C)C(=O)C(F)(F)F. The molecule has 4 rings (SSSR count). The lowest BCUT2D eigenvalue weighted by Crippen LogP contribution is -2.48. The number of carboxylic acid groups (broad SMARTS) is 1. The Hall–Kier alpha value is -4.95. The van der Waals surface area contributed by atoms with Crippen LogP contribution >= 0.6 is 0 Å². The molecule has 3 amide bonds. The highest BCUT2D eigenvalue weighted by molar-refractivity contribution is 6.04. The molecule has 0 unspecified atom stereocenters. The predicted molar refractivity (Wildman–Crippen MR) is 152 cm³/mol. The number of alkyl halides is 3. The maximum Gasteiger partial charge on any atom is 0.473 e. The van der Waals surface area contributed by atoms with Crippen LogP contribution in [0.4, 0.5) is 23.8 Å². The topological polar surface area (TPSA) is 147 Å². The highest BCUT2D eigenvalue weighted by Crippen LogP contribution is 2.36. The first-order chi connectivity index (χ1) is 20.9. The molecule has 234 valence electrons. The smallest absolute Gasteiger partial charge is 0.465 e. The Morgan fingerprint density at radius 3 is 2.43 bits per heavy atom. The number of piperidine rings is 1. The number of carbonyl (C=O) groups is 4. The summed E-state index contributed by atoms with van der Waals surface area (Å²) in [5.74, 6) is -3.78. The third kappa shape index (κ3) is 6.66. The van der Waals surface area contributed by atoms with Gasteiger partial charge in [0.2, 0.25) is 0 Å². The van der Waals surface area contributed by atoms with E-state index in [1.165, 1.54) is 31.2 Å². The van der Waals surface area contributed by atoms with Crippen molar-refractivity contribution in [3.8, 4) is 11.3 Å². The largest absolute Gasteiger partial charge is 0.473 e. The van der Waals surface area contributed by atoms with Crippen LogP contribution in [-0.2, 0) is 16.0 Å². The van der Waals surface area contributed by atoms with Gasteiger partial charge < -0.3 is 15.2 Å². The fraction of sp³-hybridized carbons (Fsp3) is 0.379. The van der Waals surface area contributed by atoms with Crippen molar-refractivity contribution in [2.75, 3.05) is 30.5 Å². The molecule has 1 aliphatic rings. The van der Waals surface area contributed by atoms with E-state index in [-0.39, 0.29) is 47.2 Å². The van der Waals surface area contributed by atoms with E-state index in [1.807, 2.05) is 13.0 Å². The van der Waals surface area contributed by atoms with Crippen LogP contribution in [0, 0.1) is 0 Å². The van der Waals surface area contributed by atoms with Crippen LogP contribution in [-0.4, -0.2) is 74.9 Å². The maximum atomic E-state index is 13.6. The second-order valence-corrected chi connectivity index (χ2v) is 9.95. The number of aromatic nitrogens is 3. The first kappa shape index (κ1) is 32.0. The molecule has 0 saturated carbocycles. The van der Waals surface area contributed by atoms with Crippen molar-refractivity contribution in [2.45, 2.75) is 51.7 Å². The third-order valence-corrected chi connectivity index (χ3v) is 7.13. The number of halogens is 3. The summed E-state index contributed by atoms with van der Waals surface area (Å²) in [6, 6.07) is 8.21. The van der Waals surface area contributed by atoms with Crippen molar-refractivity contribution in [2.24, 2.45) is 0 Å². The van der Waals surface area contributed by atoms with Gasteiger partial charge in [-0.25, -0.2) is 29.2 Å². The van der Waals surface area contributed by atoms with Gasteiger partial charge in [-0.2, -0.15) is 13.2 Å². The van der Waals surface area contributed by atoms with Crippen LogP contribution < -0.4 is 10.3 Å². The van der Waals surface area contributed by atoms with Crippen molar-refractivity contribution < 1.29 is 42.2 Å². The number of imidazole rings is 1. The van der Waals surface area contributed by atoms with E-state index >= 15 is 0 Å². The Bertz CT molecular complexity index is 1560. The van der Waals surface area contributed by atoms with Gasteiger partial charge in [0.15, 0.2) is 11.5 Å². The number of ether oxygens (including phenoxy) is 1. The van der Waals surface area contributed by atoms with Crippen LogP contribution in [0.15, 0.2) is 42.6 Å². The number of nitrogens with zero attached hydrogens (tertiary/aromatic N) is 5. The average molecular weight is 617 g/mol. The van der Waals surface area contributed by atoms with Gasteiger partial charge in [-0.15, -0.1) is 0 Å². The van der Waals surface area contributed by atoms with Gasteiger partial charge in [0.05, 0.1) is 12.6 Å². The Morgan fingerprint density at radius 1 is 1.11 bits per heavy atom. The number of benzene rings is 1. The summed E-state index contributed by atoms with van der Waals surface area (Å²) in [7, 11) is 0.816. The van der Waals surface area contributed by atoms with Gasteiger partial charge in [0.25, 0.3) is 5.91 Å². The number of pyridine rings is 1. The summed E-state index contributed by atoms with van der Waals surface area (Å²) in [6.07, 6.45) is -3.11. The van der Waals surface area contributed by atoms with Gasteiger partial charge in [-0.05, 0) is 62.4 Å². The molecule has 15 heteroatoms. The molecule has 3 heterocycles. The summed E-state index contributed by atoms with van der Waals surface area (Å²) in [4.78, 5) is 60.3. The first-order valence-corrected chi connectivity index (χ1v) is 13.9. The van der Waals surface area contributed by atoms with Crippen LogP contribution in [0.2, 0.25) is 0 Å². The molecule has 0 aliphatic carbocycles. The normalized spacial score (nSPS) is 15.0. The molecule has 1 aliphatic heterocycles. The minimum atomic E-state index is -5.32. The minimum Gasteiger partial charge on any atom is -0.465 e. The average Bonchev–Trinajstić information content (AvgIpc) is 3.41. The van der Waals surface area contributed by atoms with E-state index in [0.717, 1.165) is 23.9 Å². The molecule has 1 fully saturated rings. The number of hydrogen-bond donors (Lipinski definition) is 2. The summed E-state index contributed by atoms with van der Waals surface area (Å²) in [5.41, 5.74) is 0.734. The molecule has 2 N–H and O–H groups in total. The minimum absolute atomic E-state index is 0.0771. The van der Waals surface area contributed by atoms with Crippen LogP contribution in [0.5, 0.6) is 0 Å². The van der Waals surface area contributed by atoms with Gasteiger partial charge in [0, 0.05) is 30.9 Å². The summed E-state index contributed by atoms with van der Waals surface area (Å²) in [6.45, 7) is 3.39. The standard InChI is InChI=1S/C29H31F3N6O6/c1-4-17-13-14-33-21(16-17)34-25(39)19-11-9-18(10-12-19)22-23(26(40)44-5-2)38(36(3)27(41)29(30,31)32)24(35-22)20-8-6-7-15-37(20)28(42)43/h9-14,16,20H,4-8,15H2,1-3H3,(H,42,43)(H,33,34,39)/t20-/m0/s1.